The topological polar surface area (TPSA) is 82.7 Å². The van der Waals surface area contributed by atoms with Crippen LogP contribution in [-0.4, -0.2) is 63.2 Å². The fourth-order valence-corrected chi connectivity index (χ4v) is 4.01. The molecule has 0 unspecified atom stereocenters. The minimum absolute atomic E-state index is 0.165. The summed E-state index contributed by atoms with van der Waals surface area (Å²) in [7, 11) is 0. The van der Waals surface area contributed by atoms with Gasteiger partial charge in [-0.3, -0.25) is 14.7 Å². The average molecular weight is 370 g/mol. The van der Waals surface area contributed by atoms with Crippen LogP contribution in [0.1, 0.15) is 53.4 Å². The van der Waals surface area contributed by atoms with Crippen molar-refractivity contribution in [2.75, 3.05) is 26.2 Å². The van der Waals surface area contributed by atoms with Gasteiger partial charge in [0.2, 0.25) is 5.76 Å². The number of amides is 1. The standard InChI is InChI=1S/C20H26N4O3/c25-17-4-2-8-24(14-17)20(26)19-11-18(22-27-19)16-5-9-23(10-6-16)13-15-3-1-7-21-12-15/h1,3,7,11-12,16-17,25H,2,4-6,8-10,13-14H2/t17-/m0/s1. The zero-order chi connectivity index (χ0) is 18.6. The van der Waals surface area contributed by atoms with Crippen molar-refractivity contribution in [1.29, 1.82) is 0 Å². The van der Waals surface area contributed by atoms with E-state index < -0.39 is 6.10 Å². The molecule has 0 saturated carbocycles. The van der Waals surface area contributed by atoms with Crippen molar-refractivity contribution in [1.82, 2.24) is 19.9 Å². The summed E-state index contributed by atoms with van der Waals surface area (Å²) in [6.07, 6.45) is 6.86. The summed E-state index contributed by atoms with van der Waals surface area (Å²) in [5.74, 6) is 0.450. The van der Waals surface area contributed by atoms with Crippen LogP contribution in [-0.2, 0) is 6.54 Å². The Bertz CT molecular complexity index is 756. The van der Waals surface area contributed by atoms with Crippen LogP contribution < -0.4 is 0 Å². The van der Waals surface area contributed by atoms with Crippen LogP contribution in [0.25, 0.3) is 0 Å². The van der Waals surface area contributed by atoms with Crippen LogP contribution in [0.3, 0.4) is 0 Å². The van der Waals surface area contributed by atoms with Crippen molar-refractivity contribution in [2.45, 2.75) is 44.2 Å². The van der Waals surface area contributed by atoms with Crippen LogP contribution in [0.2, 0.25) is 0 Å². The second-order valence-corrected chi connectivity index (χ2v) is 7.57. The van der Waals surface area contributed by atoms with Gasteiger partial charge in [-0.2, -0.15) is 0 Å². The van der Waals surface area contributed by atoms with Crippen LogP contribution in [0.4, 0.5) is 0 Å². The molecule has 0 aliphatic carbocycles. The highest BCUT2D eigenvalue weighted by molar-refractivity contribution is 5.91. The SMILES string of the molecule is O=C(c1cc(C2CCN(Cc3cccnc3)CC2)no1)N1CCC[C@H](O)C1. The maximum atomic E-state index is 12.6. The smallest absolute Gasteiger partial charge is 0.292 e. The first-order valence-corrected chi connectivity index (χ1v) is 9.74. The van der Waals surface area contributed by atoms with E-state index in [2.05, 4.69) is 21.1 Å². The summed E-state index contributed by atoms with van der Waals surface area (Å²) in [6, 6.07) is 5.87. The first-order chi connectivity index (χ1) is 13.2. The van der Waals surface area contributed by atoms with Crippen molar-refractivity contribution in [3.05, 3.63) is 47.6 Å². The minimum Gasteiger partial charge on any atom is -0.391 e. The van der Waals surface area contributed by atoms with Gasteiger partial charge in [0.05, 0.1) is 11.8 Å². The number of hydrogen-bond donors (Lipinski definition) is 1. The fraction of sp³-hybridized carbons (Fsp3) is 0.550. The number of hydrogen-bond acceptors (Lipinski definition) is 6. The lowest BCUT2D eigenvalue weighted by molar-refractivity contribution is 0.0441. The molecule has 2 saturated heterocycles. The minimum atomic E-state index is -0.436. The number of pyridine rings is 1. The van der Waals surface area contributed by atoms with Crippen molar-refractivity contribution in [3.63, 3.8) is 0 Å². The van der Waals surface area contributed by atoms with Crippen molar-refractivity contribution < 1.29 is 14.4 Å². The molecule has 27 heavy (non-hydrogen) atoms. The van der Waals surface area contributed by atoms with Crippen LogP contribution in [0.15, 0.2) is 35.1 Å². The third-order valence-corrected chi connectivity index (χ3v) is 5.56. The largest absolute Gasteiger partial charge is 0.391 e. The molecule has 2 aliphatic heterocycles. The number of aliphatic hydroxyl groups excluding tert-OH is 1. The Morgan fingerprint density at radius 2 is 2.11 bits per heavy atom. The van der Waals surface area contributed by atoms with Gasteiger partial charge in [0.15, 0.2) is 0 Å². The Labute approximate surface area is 159 Å². The molecule has 0 bridgehead atoms. The number of carbonyl (C=O) groups excluding carboxylic acids is 1. The van der Waals surface area contributed by atoms with Crippen LogP contribution in [0.5, 0.6) is 0 Å². The van der Waals surface area contributed by atoms with E-state index in [0.717, 1.165) is 51.0 Å². The molecule has 4 heterocycles. The van der Waals surface area contributed by atoms with Crippen LogP contribution in [0, 0.1) is 0 Å². The van der Waals surface area contributed by atoms with Gasteiger partial charge < -0.3 is 14.5 Å². The number of likely N-dealkylation sites (tertiary alicyclic amines) is 2. The Balaban J connectivity index is 1.32. The quantitative estimate of drug-likeness (QED) is 0.887. The molecule has 0 radical (unpaired) electrons. The molecule has 7 nitrogen and oxygen atoms in total. The van der Waals surface area contributed by atoms with Crippen molar-refractivity contribution in [2.24, 2.45) is 0 Å². The Hall–Kier alpha value is -2.25. The molecule has 4 rings (SSSR count). The van der Waals surface area contributed by atoms with Gasteiger partial charge in [0, 0.05) is 44.0 Å². The second kappa shape index (κ2) is 8.19. The highest BCUT2D eigenvalue weighted by Crippen LogP contribution is 2.28. The molecule has 0 spiro atoms. The van der Waals surface area contributed by atoms with E-state index >= 15 is 0 Å². The first kappa shape index (κ1) is 18.1. The van der Waals surface area contributed by atoms with Crippen LogP contribution >= 0.6 is 0 Å². The van der Waals surface area contributed by atoms with E-state index in [4.69, 9.17) is 4.52 Å². The number of β-amino-alcohol motifs (C(OH)–C–C–N with tert-alkyl or cyclic N) is 1. The lowest BCUT2D eigenvalue weighted by atomic mass is 9.93. The summed E-state index contributed by atoms with van der Waals surface area (Å²) in [5.41, 5.74) is 2.10. The molecule has 2 fully saturated rings. The molecule has 1 amide bonds. The van der Waals surface area contributed by atoms with Crippen molar-refractivity contribution >= 4 is 5.91 Å². The van der Waals surface area contributed by atoms with Gasteiger partial charge in [-0.1, -0.05) is 11.2 Å². The van der Waals surface area contributed by atoms with Gasteiger partial charge in [-0.05, 0) is 50.4 Å². The van der Waals surface area contributed by atoms with E-state index in [1.54, 1.807) is 17.2 Å². The third-order valence-electron chi connectivity index (χ3n) is 5.56. The summed E-state index contributed by atoms with van der Waals surface area (Å²) < 4.78 is 5.35. The Morgan fingerprint density at radius 3 is 2.85 bits per heavy atom. The summed E-state index contributed by atoms with van der Waals surface area (Å²) in [6.45, 7) is 3.95. The molecule has 144 valence electrons. The zero-order valence-corrected chi connectivity index (χ0v) is 15.5. The second-order valence-electron chi connectivity index (χ2n) is 7.57. The molecule has 1 atom stereocenters. The molecular formula is C20H26N4O3. The lowest BCUT2D eigenvalue weighted by Crippen LogP contribution is -2.42. The highest BCUT2D eigenvalue weighted by atomic mass is 16.5. The van der Waals surface area contributed by atoms with E-state index in [0.29, 0.717) is 19.0 Å². The molecule has 2 aromatic rings. The number of carbonyl (C=O) groups is 1. The fourth-order valence-electron chi connectivity index (χ4n) is 4.01. The summed E-state index contributed by atoms with van der Waals surface area (Å²) >= 11 is 0. The Morgan fingerprint density at radius 1 is 1.26 bits per heavy atom. The predicted octanol–water partition coefficient (Wildman–Crippen LogP) is 2.05. The van der Waals surface area contributed by atoms with Crippen molar-refractivity contribution in [3.8, 4) is 0 Å². The van der Waals surface area contributed by atoms with Gasteiger partial charge in [-0.15, -0.1) is 0 Å². The zero-order valence-electron chi connectivity index (χ0n) is 15.5. The van der Waals surface area contributed by atoms with E-state index in [1.165, 1.54) is 5.56 Å². The molecule has 0 aromatic carbocycles. The average Bonchev–Trinajstić information content (AvgIpc) is 3.19. The molecule has 2 aromatic heterocycles. The first-order valence-electron chi connectivity index (χ1n) is 9.74. The Kier molecular flexibility index (Phi) is 5.50. The van der Waals surface area contributed by atoms with E-state index in [1.807, 2.05) is 12.3 Å². The summed E-state index contributed by atoms with van der Waals surface area (Å²) in [4.78, 5) is 20.8. The number of rotatable bonds is 4. The number of nitrogens with zero attached hydrogens (tertiary/aromatic N) is 4. The van der Waals surface area contributed by atoms with Gasteiger partial charge >= 0.3 is 0 Å². The normalized spacial score (nSPS) is 22.1. The lowest BCUT2D eigenvalue weighted by Gasteiger charge is -2.30. The molecule has 7 heteroatoms. The van der Waals surface area contributed by atoms with E-state index in [9.17, 15) is 9.90 Å². The van der Waals surface area contributed by atoms with Gasteiger partial charge in [0.1, 0.15) is 0 Å². The molecule has 1 N–H and O–H groups in total. The molecular weight excluding hydrogens is 344 g/mol. The number of aliphatic hydroxyl groups is 1. The number of aromatic nitrogens is 2. The highest BCUT2D eigenvalue weighted by Gasteiger charge is 2.28. The number of piperidine rings is 2. The molecule has 2 aliphatic rings. The third kappa shape index (κ3) is 4.36. The van der Waals surface area contributed by atoms with Gasteiger partial charge in [0.25, 0.3) is 5.91 Å². The maximum Gasteiger partial charge on any atom is 0.292 e. The maximum absolute atomic E-state index is 12.6. The monoisotopic (exact) mass is 370 g/mol. The predicted molar refractivity (Wildman–Crippen MR) is 99.1 cm³/mol. The van der Waals surface area contributed by atoms with E-state index in [-0.39, 0.29) is 11.7 Å². The van der Waals surface area contributed by atoms with Gasteiger partial charge in [-0.25, -0.2) is 0 Å². The summed E-state index contributed by atoms with van der Waals surface area (Å²) in [5, 5.41) is 13.9.